The Labute approximate surface area is 154 Å². The van der Waals surface area contributed by atoms with Crippen LogP contribution in [-0.4, -0.2) is 41.6 Å². The molecule has 0 aliphatic carbocycles. The number of carboxylic acid groups (broad SMARTS) is 1. The van der Waals surface area contributed by atoms with Crippen molar-refractivity contribution in [3.8, 4) is 5.75 Å². The van der Waals surface area contributed by atoms with Gasteiger partial charge in [-0.3, -0.25) is 4.79 Å². The molecule has 7 nitrogen and oxygen atoms in total. The second-order valence-electron chi connectivity index (χ2n) is 5.91. The zero-order valence-electron chi connectivity index (χ0n) is 15.0. The van der Waals surface area contributed by atoms with Crippen LogP contribution in [0, 0.1) is 20.8 Å². The number of hydrogen-bond donors (Lipinski definition) is 2. The number of aryl methyl sites for hydroxylation is 2. The summed E-state index contributed by atoms with van der Waals surface area (Å²) in [5, 5.41) is 12.3. The van der Waals surface area contributed by atoms with Crippen molar-refractivity contribution in [3.05, 3.63) is 39.2 Å². The summed E-state index contributed by atoms with van der Waals surface area (Å²) in [5.74, 6) is -0.967. The number of amides is 1. The average molecular weight is 379 g/mol. The summed E-state index contributed by atoms with van der Waals surface area (Å²) in [6, 6.07) is 2.50. The van der Waals surface area contributed by atoms with Gasteiger partial charge in [0.25, 0.3) is 5.91 Å². The largest absolute Gasteiger partial charge is 0.483 e. The van der Waals surface area contributed by atoms with E-state index >= 15 is 0 Å². The van der Waals surface area contributed by atoms with E-state index in [0.29, 0.717) is 22.5 Å². The molecule has 0 fully saturated rings. The molecule has 0 radical (unpaired) electrons. The molecule has 1 aromatic carbocycles. The van der Waals surface area contributed by atoms with Crippen molar-refractivity contribution in [2.24, 2.45) is 0 Å². The van der Waals surface area contributed by atoms with Gasteiger partial charge < -0.3 is 19.6 Å². The van der Waals surface area contributed by atoms with E-state index in [9.17, 15) is 14.4 Å². The Morgan fingerprint density at radius 2 is 1.92 bits per heavy atom. The Kier molecular flexibility index (Phi) is 6.31. The van der Waals surface area contributed by atoms with E-state index in [1.165, 1.54) is 11.8 Å². The third-order valence-corrected chi connectivity index (χ3v) is 4.82. The van der Waals surface area contributed by atoms with Crippen LogP contribution < -0.4 is 15.7 Å². The minimum absolute atomic E-state index is 0.264. The van der Waals surface area contributed by atoms with Gasteiger partial charge in [0, 0.05) is 22.3 Å². The van der Waals surface area contributed by atoms with Crippen molar-refractivity contribution in [1.29, 1.82) is 0 Å². The molecule has 0 unspecified atom stereocenters. The Hall–Kier alpha value is -2.48. The lowest BCUT2D eigenvalue weighted by atomic mass is 10.0. The molecule has 1 aromatic heterocycles. The number of hydrogen-bond acceptors (Lipinski definition) is 6. The molecule has 0 aliphatic rings. The Balaban J connectivity index is 2.18. The SMILES string of the molecule is CSC[C@H](NC(=O)COc1ccc2c(C)c(C)c(=O)oc2c1C)C(=O)O. The van der Waals surface area contributed by atoms with Gasteiger partial charge in [-0.25, -0.2) is 9.59 Å². The lowest BCUT2D eigenvalue weighted by Gasteiger charge is -2.15. The van der Waals surface area contributed by atoms with Gasteiger partial charge in [0.1, 0.15) is 17.4 Å². The van der Waals surface area contributed by atoms with Crippen LogP contribution in [0.5, 0.6) is 5.75 Å². The second-order valence-corrected chi connectivity index (χ2v) is 6.82. The van der Waals surface area contributed by atoms with Gasteiger partial charge in [-0.1, -0.05) is 0 Å². The number of carbonyl (C=O) groups excluding carboxylic acids is 1. The fourth-order valence-electron chi connectivity index (χ4n) is 2.50. The highest BCUT2D eigenvalue weighted by Crippen LogP contribution is 2.29. The van der Waals surface area contributed by atoms with Crippen molar-refractivity contribution < 1.29 is 23.8 Å². The standard InChI is InChI=1S/C18H21NO6S/c1-9-10(2)18(23)25-16-11(3)14(6-5-12(9)16)24-7-15(20)19-13(8-26-4)17(21)22/h5-6,13H,7-8H2,1-4H3,(H,19,20)(H,21,22)/t13-/m0/s1. The number of benzene rings is 1. The maximum absolute atomic E-state index is 12.0. The minimum atomic E-state index is -1.10. The highest BCUT2D eigenvalue weighted by molar-refractivity contribution is 7.98. The zero-order chi connectivity index (χ0) is 19.4. The van der Waals surface area contributed by atoms with E-state index in [0.717, 1.165) is 10.9 Å². The molecule has 2 N–H and O–H groups in total. The van der Waals surface area contributed by atoms with Crippen molar-refractivity contribution in [2.45, 2.75) is 26.8 Å². The van der Waals surface area contributed by atoms with E-state index in [2.05, 4.69) is 5.32 Å². The fourth-order valence-corrected chi connectivity index (χ4v) is 3.06. The first-order chi connectivity index (χ1) is 12.3. The fraction of sp³-hybridized carbons (Fsp3) is 0.389. The lowest BCUT2D eigenvalue weighted by Crippen LogP contribution is -2.44. The predicted octanol–water partition coefficient (Wildman–Crippen LogP) is 2.03. The molecule has 1 amide bonds. The summed E-state index contributed by atoms with van der Waals surface area (Å²) in [4.78, 5) is 34.9. The van der Waals surface area contributed by atoms with Crippen molar-refractivity contribution >= 4 is 34.6 Å². The number of carbonyl (C=O) groups is 2. The monoisotopic (exact) mass is 379 g/mol. The number of rotatable bonds is 7. The van der Waals surface area contributed by atoms with Gasteiger partial charge in [0.2, 0.25) is 0 Å². The molecule has 26 heavy (non-hydrogen) atoms. The highest BCUT2D eigenvalue weighted by atomic mass is 32.2. The molecule has 0 saturated heterocycles. The van der Waals surface area contributed by atoms with Crippen molar-refractivity contribution in [3.63, 3.8) is 0 Å². The maximum Gasteiger partial charge on any atom is 0.339 e. The molecule has 0 spiro atoms. The number of thioether (sulfide) groups is 1. The topological polar surface area (TPSA) is 106 Å². The molecule has 2 aromatic rings. The molecule has 2 rings (SSSR count). The number of aliphatic carboxylic acids is 1. The molecule has 1 heterocycles. The van der Waals surface area contributed by atoms with Crippen LogP contribution in [-0.2, 0) is 9.59 Å². The molecule has 0 aliphatic heterocycles. The molecule has 1 atom stereocenters. The van der Waals surface area contributed by atoms with E-state index in [-0.39, 0.29) is 12.4 Å². The van der Waals surface area contributed by atoms with Crippen LogP contribution in [0.25, 0.3) is 11.0 Å². The summed E-state index contributed by atoms with van der Waals surface area (Å²) in [6.45, 7) is 4.96. The van der Waals surface area contributed by atoms with E-state index in [1.807, 2.05) is 6.92 Å². The smallest absolute Gasteiger partial charge is 0.339 e. The highest BCUT2D eigenvalue weighted by Gasteiger charge is 2.20. The number of ether oxygens (including phenoxy) is 1. The number of nitrogens with one attached hydrogen (secondary N) is 1. The Morgan fingerprint density at radius 3 is 2.54 bits per heavy atom. The molecule has 140 valence electrons. The third kappa shape index (κ3) is 4.19. The Bertz CT molecular complexity index is 905. The predicted molar refractivity (Wildman–Crippen MR) is 100 cm³/mol. The minimum Gasteiger partial charge on any atom is -0.483 e. The van der Waals surface area contributed by atoms with Crippen LogP contribution in [0.2, 0.25) is 0 Å². The average Bonchev–Trinajstić information content (AvgIpc) is 2.59. The summed E-state index contributed by atoms with van der Waals surface area (Å²) < 4.78 is 10.9. The lowest BCUT2D eigenvalue weighted by molar-refractivity contribution is -0.141. The van der Waals surface area contributed by atoms with Gasteiger partial charge in [-0.05, 0) is 44.7 Å². The summed E-state index contributed by atoms with van der Waals surface area (Å²) >= 11 is 1.32. The molecular weight excluding hydrogens is 358 g/mol. The molecule has 0 saturated carbocycles. The van der Waals surface area contributed by atoms with Crippen molar-refractivity contribution in [2.75, 3.05) is 18.6 Å². The third-order valence-electron chi connectivity index (χ3n) is 4.15. The van der Waals surface area contributed by atoms with E-state index < -0.39 is 23.5 Å². The van der Waals surface area contributed by atoms with E-state index in [4.69, 9.17) is 14.3 Å². The molecule has 0 bridgehead atoms. The van der Waals surface area contributed by atoms with Gasteiger partial charge >= 0.3 is 11.6 Å². The second kappa shape index (κ2) is 8.27. The van der Waals surface area contributed by atoms with Crippen molar-refractivity contribution in [1.82, 2.24) is 5.32 Å². The molecular formula is C18H21NO6S. The first kappa shape index (κ1) is 19.8. The van der Waals surface area contributed by atoms with E-state index in [1.54, 1.807) is 32.2 Å². The summed E-state index contributed by atoms with van der Waals surface area (Å²) in [6.07, 6.45) is 1.76. The Morgan fingerprint density at radius 1 is 1.23 bits per heavy atom. The van der Waals surface area contributed by atoms with Crippen LogP contribution in [0.4, 0.5) is 0 Å². The van der Waals surface area contributed by atoms with Gasteiger partial charge in [0.05, 0.1) is 0 Å². The van der Waals surface area contributed by atoms with Crippen LogP contribution in [0.3, 0.4) is 0 Å². The molecule has 8 heteroatoms. The number of carboxylic acids is 1. The first-order valence-corrected chi connectivity index (χ1v) is 9.33. The summed E-state index contributed by atoms with van der Waals surface area (Å²) in [7, 11) is 0. The normalized spacial score (nSPS) is 12.0. The van der Waals surface area contributed by atoms with Gasteiger partial charge in [0.15, 0.2) is 6.61 Å². The van der Waals surface area contributed by atoms with Crippen LogP contribution in [0.1, 0.15) is 16.7 Å². The van der Waals surface area contributed by atoms with Crippen LogP contribution >= 0.6 is 11.8 Å². The van der Waals surface area contributed by atoms with Gasteiger partial charge in [-0.15, -0.1) is 0 Å². The number of fused-ring (bicyclic) bond motifs is 1. The van der Waals surface area contributed by atoms with Gasteiger partial charge in [-0.2, -0.15) is 11.8 Å². The quantitative estimate of drug-likeness (QED) is 0.709. The summed E-state index contributed by atoms with van der Waals surface area (Å²) in [5.41, 5.74) is 2.01. The zero-order valence-corrected chi connectivity index (χ0v) is 15.9. The maximum atomic E-state index is 12.0. The van der Waals surface area contributed by atoms with Crippen LogP contribution in [0.15, 0.2) is 21.3 Å². The first-order valence-electron chi connectivity index (χ1n) is 7.93.